The van der Waals surface area contributed by atoms with Gasteiger partial charge < -0.3 is 14.8 Å². The smallest absolute Gasteiger partial charge is 0.372 e. The van der Waals surface area contributed by atoms with E-state index in [1.54, 1.807) is 13.0 Å². The summed E-state index contributed by atoms with van der Waals surface area (Å²) in [7, 11) is 0. The van der Waals surface area contributed by atoms with E-state index in [0.717, 1.165) is 11.1 Å². The minimum atomic E-state index is -1.04. The molecule has 2 N–H and O–H groups in total. The van der Waals surface area contributed by atoms with Gasteiger partial charge in [-0.1, -0.05) is 30.3 Å². The zero-order valence-corrected chi connectivity index (χ0v) is 11.6. The van der Waals surface area contributed by atoms with Crippen LogP contribution in [0.1, 0.15) is 21.9 Å². The molecular formula is C17H15NO3. The van der Waals surface area contributed by atoms with Gasteiger partial charge >= 0.3 is 5.97 Å². The fraction of sp³-hybridized carbons (Fsp3) is 0.118. The lowest BCUT2D eigenvalue weighted by molar-refractivity contribution is 0.0659. The number of carboxylic acid groups (broad SMARTS) is 1. The van der Waals surface area contributed by atoms with Crippen LogP contribution < -0.4 is 5.32 Å². The van der Waals surface area contributed by atoms with E-state index in [9.17, 15) is 4.79 Å². The highest BCUT2D eigenvalue weighted by molar-refractivity contribution is 5.86. The molecule has 4 heteroatoms. The molecule has 0 fully saturated rings. The highest BCUT2D eigenvalue weighted by Gasteiger charge is 2.13. The van der Waals surface area contributed by atoms with Crippen LogP contribution in [0, 0.1) is 6.92 Å². The van der Waals surface area contributed by atoms with Gasteiger partial charge in [0.1, 0.15) is 5.76 Å². The first-order valence-corrected chi connectivity index (χ1v) is 6.69. The van der Waals surface area contributed by atoms with E-state index in [0.29, 0.717) is 17.9 Å². The molecule has 1 heterocycles. The molecule has 4 nitrogen and oxygen atoms in total. The van der Waals surface area contributed by atoms with Crippen LogP contribution in [0.2, 0.25) is 0 Å². The molecule has 0 spiro atoms. The first kappa shape index (κ1) is 13.2. The predicted octanol–water partition coefficient (Wildman–Crippen LogP) is 4.05. The van der Waals surface area contributed by atoms with Gasteiger partial charge in [0.2, 0.25) is 5.76 Å². The predicted molar refractivity (Wildman–Crippen MR) is 81.7 cm³/mol. The Bertz CT molecular complexity index is 805. The summed E-state index contributed by atoms with van der Waals surface area (Å²) < 4.78 is 5.32. The maximum absolute atomic E-state index is 10.9. The summed E-state index contributed by atoms with van der Waals surface area (Å²) in [6, 6.07) is 16.0. The minimum absolute atomic E-state index is 0.00492. The van der Waals surface area contributed by atoms with Crippen LogP contribution in [0.25, 0.3) is 10.8 Å². The van der Waals surface area contributed by atoms with Crippen LogP contribution in [0.3, 0.4) is 0 Å². The van der Waals surface area contributed by atoms with Gasteiger partial charge in [0.05, 0.1) is 6.54 Å². The Kier molecular flexibility index (Phi) is 3.36. The number of hydrogen-bond donors (Lipinski definition) is 2. The first-order chi connectivity index (χ1) is 10.1. The standard InChI is InChI=1S/C17H15NO3/c1-11-8-15(21-16(11)17(19)20)10-18-14-7-6-12-4-2-3-5-13(12)9-14/h2-9,18H,10H2,1H3,(H,19,20). The van der Waals surface area contributed by atoms with Gasteiger partial charge in [0, 0.05) is 11.3 Å². The molecule has 0 unspecified atom stereocenters. The second kappa shape index (κ2) is 5.32. The van der Waals surface area contributed by atoms with E-state index in [1.165, 1.54) is 5.39 Å². The van der Waals surface area contributed by atoms with Gasteiger partial charge in [-0.2, -0.15) is 0 Å². The van der Waals surface area contributed by atoms with Crippen molar-refractivity contribution in [3.8, 4) is 0 Å². The molecule has 106 valence electrons. The van der Waals surface area contributed by atoms with Gasteiger partial charge in [0.15, 0.2) is 0 Å². The Morgan fingerprint density at radius 1 is 1.14 bits per heavy atom. The van der Waals surface area contributed by atoms with Crippen molar-refractivity contribution in [3.05, 3.63) is 65.6 Å². The molecule has 3 rings (SSSR count). The van der Waals surface area contributed by atoms with Crippen LogP contribution in [-0.2, 0) is 6.54 Å². The molecule has 2 aromatic carbocycles. The Labute approximate surface area is 122 Å². The number of aryl methyl sites for hydroxylation is 1. The van der Waals surface area contributed by atoms with E-state index in [2.05, 4.69) is 23.5 Å². The highest BCUT2D eigenvalue weighted by Crippen LogP contribution is 2.20. The monoisotopic (exact) mass is 281 g/mol. The average molecular weight is 281 g/mol. The third-order valence-corrected chi connectivity index (χ3v) is 3.38. The van der Waals surface area contributed by atoms with Crippen molar-refractivity contribution >= 4 is 22.4 Å². The van der Waals surface area contributed by atoms with Crippen LogP contribution in [-0.4, -0.2) is 11.1 Å². The summed E-state index contributed by atoms with van der Waals surface area (Å²) in [6.45, 7) is 2.18. The fourth-order valence-electron chi connectivity index (χ4n) is 2.34. The molecule has 21 heavy (non-hydrogen) atoms. The Morgan fingerprint density at radius 2 is 1.90 bits per heavy atom. The molecule has 0 bridgehead atoms. The van der Waals surface area contributed by atoms with E-state index in [-0.39, 0.29) is 5.76 Å². The second-order valence-corrected chi connectivity index (χ2v) is 4.95. The molecule has 0 radical (unpaired) electrons. The molecule has 0 saturated heterocycles. The number of rotatable bonds is 4. The van der Waals surface area contributed by atoms with Gasteiger partial charge in [-0.15, -0.1) is 0 Å². The van der Waals surface area contributed by atoms with E-state index in [1.807, 2.05) is 24.3 Å². The molecule has 3 aromatic rings. The summed E-state index contributed by atoms with van der Waals surface area (Å²) in [6.07, 6.45) is 0. The molecule has 1 aromatic heterocycles. The number of carboxylic acids is 1. The van der Waals surface area contributed by atoms with Crippen molar-refractivity contribution in [2.24, 2.45) is 0 Å². The Balaban J connectivity index is 1.77. The lowest BCUT2D eigenvalue weighted by atomic mass is 10.1. The van der Waals surface area contributed by atoms with E-state index in [4.69, 9.17) is 9.52 Å². The molecule has 0 saturated carbocycles. The maximum Gasteiger partial charge on any atom is 0.372 e. The highest BCUT2D eigenvalue weighted by atomic mass is 16.4. The quantitative estimate of drug-likeness (QED) is 0.757. The molecule has 0 aliphatic carbocycles. The number of nitrogens with one attached hydrogen (secondary N) is 1. The lowest BCUT2D eigenvalue weighted by Gasteiger charge is -2.06. The first-order valence-electron chi connectivity index (χ1n) is 6.69. The van der Waals surface area contributed by atoms with E-state index < -0.39 is 5.97 Å². The second-order valence-electron chi connectivity index (χ2n) is 4.95. The van der Waals surface area contributed by atoms with Crippen molar-refractivity contribution in [3.63, 3.8) is 0 Å². The van der Waals surface area contributed by atoms with Crippen molar-refractivity contribution in [2.45, 2.75) is 13.5 Å². The van der Waals surface area contributed by atoms with Crippen LogP contribution >= 0.6 is 0 Å². The van der Waals surface area contributed by atoms with Gasteiger partial charge in [-0.05, 0) is 35.9 Å². The van der Waals surface area contributed by atoms with Crippen molar-refractivity contribution in [1.29, 1.82) is 0 Å². The summed E-state index contributed by atoms with van der Waals surface area (Å²) in [5.74, 6) is -0.423. The van der Waals surface area contributed by atoms with Gasteiger partial charge in [0.25, 0.3) is 0 Å². The number of aromatic carboxylic acids is 1. The third kappa shape index (κ3) is 2.74. The largest absolute Gasteiger partial charge is 0.475 e. The van der Waals surface area contributed by atoms with Gasteiger partial charge in [-0.3, -0.25) is 0 Å². The SMILES string of the molecule is Cc1cc(CNc2ccc3ccccc3c2)oc1C(=O)O. The molecule has 0 aliphatic heterocycles. The van der Waals surface area contributed by atoms with Crippen LogP contribution in [0.4, 0.5) is 5.69 Å². The normalized spacial score (nSPS) is 10.7. The number of anilines is 1. The maximum atomic E-state index is 10.9. The fourth-order valence-corrected chi connectivity index (χ4v) is 2.34. The third-order valence-electron chi connectivity index (χ3n) is 3.38. The zero-order valence-electron chi connectivity index (χ0n) is 11.6. The number of furan rings is 1. The molecule has 0 amide bonds. The van der Waals surface area contributed by atoms with Gasteiger partial charge in [-0.25, -0.2) is 4.79 Å². The number of carbonyl (C=O) groups is 1. The average Bonchev–Trinajstić information content (AvgIpc) is 2.86. The van der Waals surface area contributed by atoms with Crippen LogP contribution in [0.15, 0.2) is 52.9 Å². The summed E-state index contributed by atoms with van der Waals surface area (Å²) in [5.41, 5.74) is 1.61. The van der Waals surface area contributed by atoms with Crippen LogP contribution in [0.5, 0.6) is 0 Å². The lowest BCUT2D eigenvalue weighted by Crippen LogP contribution is -1.98. The Morgan fingerprint density at radius 3 is 2.62 bits per heavy atom. The molecule has 0 atom stereocenters. The van der Waals surface area contributed by atoms with Crippen molar-refractivity contribution in [1.82, 2.24) is 0 Å². The number of hydrogen-bond acceptors (Lipinski definition) is 3. The van der Waals surface area contributed by atoms with Crippen molar-refractivity contribution < 1.29 is 14.3 Å². The summed E-state index contributed by atoms with van der Waals surface area (Å²) in [4.78, 5) is 10.9. The Hall–Kier alpha value is -2.75. The summed E-state index contributed by atoms with van der Waals surface area (Å²) >= 11 is 0. The summed E-state index contributed by atoms with van der Waals surface area (Å²) in [5, 5.41) is 14.6. The van der Waals surface area contributed by atoms with Crippen molar-refractivity contribution in [2.75, 3.05) is 5.32 Å². The topological polar surface area (TPSA) is 62.5 Å². The number of benzene rings is 2. The minimum Gasteiger partial charge on any atom is -0.475 e. The molecule has 0 aliphatic rings. The molecular weight excluding hydrogens is 266 g/mol. The number of fused-ring (bicyclic) bond motifs is 1. The zero-order chi connectivity index (χ0) is 14.8. The van der Waals surface area contributed by atoms with E-state index >= 15 is 0 Å².